The van der Waals surface area contributed by atoms with Crippen LogP contribution >= 0.6 is 0 Å². The van der Waals surface area contributed by atoms with Gasteiger partial charge in [0.1, 0.15) is 0 Å². The van der Waals surface area contributed by atoms with E-state index in [1.165, 1.54) is 17.4 Å². The SMILES string of the molecule is Cc1cc(CN)ccc1S(=O)(=O)N(C)C1CCS(=O)(=O)C1. The second-order valence-electron chi connectivity index (χ2n) is 5.38. The van der Waals surface area contributed by atoms with Gasteiger partial charge in [-0.05, 0) is 30.5 Å². The number of sulfonamides is 1. The van der Waals surface area contributed by atoms with Crippen molar-refractivity contribution in [2.24, 2.45) is 5.73 Å². The summed E-state index contributed by atoms with van der Waals surface area (Å²) in [5.41, 5.74) is 7.02. The van der Waals surface area contributed by atoms with Gasteiger partial charge in [-0.3, -0.25) is 0 Å². The Labute approximate surface area is 125 Å². The molecule has 2 rings (SSSR count). The maximum Gasteiger partial charge on any atom is 0.243 e. The smallest absolute Gasteiger partial charge is 0.243 e. The number of nitrogens with two attached hydrogens (primary N) is 1. The Hall–Kier alpha value is -0.960. The van der Waals surface area contributed by atoms with E-state index in [-0.39, 0.29) is 16.4 Å². The van der Waals surface area contributed by atoms with Gasteiger partial charge >= 0.3 is 0 Å². The van der Waals surface area contributed by atoms with Crippen LogP contribution in [-0.2, 0) is 26.4 Å². The minimum absolute atomic E-state index is 0.0443. The first kappa shape index (κ1) is 16.4. The third kappa shape index (κ3) is 3.28. The summed E-state index contributed by atoms with van der Waals surface area (Å²) in [5, 5.41) is 0. The molecular formula is C13H20N2O4S2. The maximum atomic E-state index is 12.7. The van der Waals surface area contributed by atoms with Crippen molar-refractivity contribution in [1.82, 2.24) is 4.31 Å². The standard InChI is InChI=1S/C13H20N2O4S2/c1-10-7-11(8-14)3-4-13(10)21(18,19)15(2)12-5-6-20(16,17)9-12/h3-4,7,12H,5-6,8-9,14H2,1-2H3. The Morgan fingerprint density at radius 2 is 2.05 bits per heavy atom. The first-order valence-corrected chi connectivity index (χ1v) is 9.91. The Kier molecular flexibility index (Phi) is 4.44. The summed E-state index contributed by atoms with van der Waals surface area (Å²) < 4.78 is 49.5. The molecule has 0 aromatic heterocycles. The van der Waals surface area contributed by atoms with E-state index in [1.54, 1.807) is 19.1 Å². The number of aryl methyl sites for hydroxylation is 1. The molecule has 0 aliphatic carbocycles. The van der Waals surface area contributed by atoms with Crippen LogP contribution in [0.5, 0.6) is 0 Å². The van der Waals surface area contributed by atoms with Gasteiger partial charge in [0.05, 0.1) is 16.4 Å². The van der Waals surface area contributed by atoms with Crippen LogP contribution in [0.15, 0.2) is 23.1 Å². The van der Waals surface area contributed by atoms with Crippen molar-refractivity contribution >= 4 is 19.9 Å². The number of benzene rings is 1. The van der Waals surface area contributed by atoms with E-state index in [0.29, 0.717) is 18.5 Å². The Balaban J connectivity index is 2.34. The normalized spacial score (nSPS) is 21.8. The largest absolute Gasteiger partial charge is 0.326 e. The number of rotatable bonds is 4. The van der Waals surface area contributed by atoms with E-state index in [9.17, 15) is 16.8 Å². The van der Waals surface area contributed by atoms with Gasteiger partial charge < -0.3 is 5.73 Å². The molecular weight excluding hydrogens is 312 g/mol. The second kappa shape index (κ2) is 5.68. The second-order valence-corrected chi connectivity index (χ2v) is 9.58. The van der Waals surface area contributed by atoms with Gasteiger partial charge in [-0.2, -0.15) is 4.31 Å². The van der Waals surface area contributed by atoms with Crippen LogP contribution in [0.25, 0.3) is 0 Å². The van der Waals surface area contributed by atoms with Crippen LogP contribution in [0.1, 0.15) is 17.5 Å². The van der Waals surface area contributed by atoms with Gasteiger partial charge in [0, 0.05) is 19.6 Å². The average Bonchev–Trinajstić information content (AvgIpc) is 2.77. The van der Waals surface area contributed by atoms with Gasteiger partial charge in [0.25, 0.3) is 0 Å². The van der Waals surface area contributed by atoms with Crippen molar-refractivity contribution in [3.63, 3.8) is 0 Å². The topological polar surface area (TPSA) is 97.5 Å². The summed E-state index contributed by atoms with van der Waals surface area (Å²) in [6, 6.07) is 4.46. The lowest BCUT2D eigenvalue weighted by atomic mass is 10.1. The summed E-state index contributed by atoms with van der Waals surface area (Å²) in [6.07, 6.45) is 0.345. The molecule has 1 fully saturated rings. The minimum atomic E-state index is -3.70. The van der Waals surface area contributed by atoms with Gasteiger partial charge in [-0.25, -0.2) is 16.8 Å². The molecule has 2 N–H and O–H groups in total. The van der Waals surface area contributed by atoms with Crippen LogP contribution in [0, 0.1) is 6.92 Å². The molecule has 6 nitrogen and oxygen atoms in total. The first-order chi connectivity index (χ1) is 9.67. The fourth-order valence-electron chi connectivity index (χ4n) is 2.54. The Morgan fingerprint density at radius 1 is 1.38 bits per heavy atom. The van der Waals surface area contributed by atoms with Crippen molar-refractivity contribution in [1.29, 1.82) is 0 Å². The zero-order valence-corrected chi connectivity index (χ0v) is 13.7. The zero-order chi connectivity index (χ0) is 15.8. The van der Waals surface area contributed by atoms with Crippen LogP contribution < -0.4 is 5.73 Å². The van der Waals surface area contributed by atoms with E-state index in [2.05, 4.69) is 0 Å². The van der Waals surface area contributed by atoms with E-state index in [4.69, 9.17) is 5.73 Å². The minimum Gasteiger partial charge on any atom is -0.326 e. The van der Waals surface area contributed by atoms with Crippen molar-refractivity contribution in [3.8, 4) is 0 Å². The summed E-state index contributed by atoms with van der Waals surface area (Å²) in [6.45, 7) is 2.06. The monoisotopic (exact) mass is 332 g/mol. The maximum absolute atomic E-state index is 12.7. The fourth-order valence-corrected chi connectivity index (χ4v) is 6.00. The molecule has 1 aliphatic heterocycles. The molecule has 1 atom stereocenters. The van der Waals surface area contributed by atoms with E-state index >= 15 is 0 Å². The summed E-state index contributed by atoms with van der Waals surface area (Å²) in [4.78, 5) is 0.200. The summed E-state index contributed by atoms with van der Waals surface area (Å²) in [7, 11) is -5.38. The van der Waals surface area contributed by atoms with Gasteiger partial charge in [0.2, 0.25) is 10.0 Å². The highest BCUT2D eigenvalue weighted by Gasteiger charge is 2.36. The predicted octanol–water partition coefficient (Wildman–Crippen LogP) is 0.261. The first-order valence-electron chi connectivity index (χ1n) is 6.65. The molecule has 1 heterocycles. The molecule has 1 aromatic carbocycles. The molecule has 8 heteroatoms. The molecule has 1 aromatic rings. The van der Waals surface area contributed by atoms with Crippen molar-refractivity contribution < 1.29 is 16.8 Å². The molecule has 1 aliphatic rings. The van der Waals surface area contributed by atoms with Crippen LogP contribution in [0.3, 0.4) is 0 Å². The Morgan fingerprint density at radius 3 is 2.52 bits per heavy atom. The number of sulfone groups is 1. The van der Waals surface area contributed by atoms with Crippen molar-refractivity contribution in [3.05, 3.63) is 29.3 Å². The highest BCUT2D eigenvalue weighted by atomic mass is 32.2. The van der Waals surface area contributed by atoms with Crippen LogP contribution in [0.2, 0.25) is 0 Å². The van der Waals surface area contributed by atoms with Crippen LogP contribution in [0.4, 0.5) is 0 Å². The summed E-state index contributed by atoms with van der Waals surface area (Å²) >= 11 is 0. The lowest BCUT2D eigenvalue weighted by molar-refractivity contribution is 0.393. The molecule has 0 saturated carbocycles. The highest BCUT2D eigenvalue weighted by molar-refractivity contribution is 7.92. The molecule has 21 heavy (non-hydrogen) atoms. The number of nitrogens with zero attached hydrogens (tertiary/aromatic N) is 1. The van der Waals surface area contributed by atoms with E-state index in [1.807, 2.05) is 0 Å². The third-order valence-corrected chi connectivity index (χ3v) is 7.68. The predicted molar refractivity (Wildman–Crippen MR) is 81.1 cm³/mol. The molecule has 1 unspecified atom stereocenters. The molecule has 1 saturated heterocycles. The fraction of sp³-hybridized carbons (Fsp3) is 0.538. The number of hydrogen-bond acceptors (Lipinski definition) is 5. The Bertz CT molecular complexity index is 741. The number of hydrogen-bond donors (Lipinski definition) is 1. The third-order valence-electron chi connectivity index (χ3n) is 3.85. The molecule has 0 spiro atoms. The van der Waals surface area contributed by atoms with Gasteiger partial charge in [0.15, 0.2) is 9.84 Å². The van der Waals surface area contributed by atoms with E-state index in [0.717, 1.165) is 5.56 Å². The quantitative estimate of drug-likeness (QED) is 0.853. The molecule has 0 radical (unpaired) electrons. The lowest BCUT2D eigenvalue weighted by Gasteiger charge is -2.23. The van der Waals surface area contributed by atoms with Crippen molar-refractivity contribution in [2.45, 2.75) is 30.8 Å². The van der Waals surface area contributed by atoms with Crippen molar-refractivity contribution in [2.75, 3.05) is 18.6 Å². The molecule has 0 bridgehead atoms. The van der Waals surface area contributed by atoms with E-state index < -0.39 is 25.9 Å². The summed E-state index contributed by atoms with van der Waals surface area (Å²) in [5.74, 6) is -0.0642. The van der Waals surface area contributed by atoms with Gasteiger partial charge in [-0.1, -0.05) is 12.1 Å². The molecule has 0 amide bonds. The average molecular weight is 332 g/mol. The van der Waals surface area contributed by atoms with Crippen LogP contribution in [-0.4, -0.2) is 45.7 Å². The molecule has 118 valence electrons. The lowest BCUT2D eigenvalue weighted by Crippen LogP contribution is -2.38. The highest BCUT2D eigenvalue weighted by Crippen LogP contribution is 2.25. The zero-order valence-electron chi connectivity index (χ0n) is 12.1. The van der Waals surface area contributed by atoms with Gasteiger partial charge in [-0.15, -0.1) is 0 Å².